The predicted octanol–water partition coefficient (Wildman–Crippen LogP) is 5.86. The molecule has 4 rings (SSSR count). The maximum atomic E-state index is 13.2. The van der Waals surface area contributed by atoms with E-state index in [1.807, 2.05) is 56.3 Å². The van der Waals surface area contributed by atoms with Gasteiger partial charge in [0.25, 0.3) is 10.0 Å². The van der Waals surface area contributed by atoms with E-state index in [1.54, 1.807) is 25.1 Å². The quantitative estimate of drug-likeness (QED) is 0.361. The zero-order valence-corrected chi connectivity index (χ0v) is 19.7. The Morgan fingerprint density at radius 1 is 0.806 bits per heavy atom. The summed E-state index contributed by atoms with van der Waals surface area (Å²) in [4.78, 5) is 9.41. The number of hydrogen-bond acceptors (Lipinski definition) is 5. The molecular weight excluding hydrogens is 476 g/mol. The number of halogens is 1. The molecular formula is C23H21BrN4O2S. The van der Waals surface area contributed by atoms with Crippen LogP contribution in [0.5, 0.6) is 0 Å². The highest BCUT2D eigenvalue weighted by Gasteiger charge is 2.21. The molecule has 0 atom stereocenters. The number of aromatic nitrogens is 2. The number of anilines is 3. The van der Waals surface area contributed by atoms with Crippen LogP contribution < -0.4 is 10.0 Å². The Kier molecular flexibility index (Phi) is 5.68. The summed E-state index contributed by atoms with van der Waals surface area (Å²) in [6.07, 6.45) is 0. The van der Waals surface area contributed by atoms with Gasteiger partial charge in [0, 0.05) is 10.2 Å². The van der Waals surface area contributed by atoms with Gasteiger partial charge in [-0.2, -0.15) is 0 Å². The molecule has 0 fully saturated rings. The SMILES string of the molecule is Cc1ccc(C)c(S(=O)(=O)Nc2nc3ccccc3nc2Nc2ccc(Br)cc2C)c1. The van der Waals surface area contributed by atoms with Gasteiger partial charge in [0.05, 0.1) is 15.9 Å². The lowest BCUT2D eigenvalue weighted by atomic mass is 10.2. The van der Waals surface area contributed by atoms with Crippen LogP contribution in [0.3, 0.4) is 0 Å². The number of rotatable bonds is 5. The normalized spacial score (nSPS) is 11.5. The molecule has 0 aliphatic carbocycles. The Balaban J connectivity index is 1.82. The highest BCUT2D eigenvalue weighted by Crippen LogP contribution is 2.30. The Hall–Kier alpha value is -2.97. The molecule has 0 saturated heterocycles. The minimum atomic E-state index is -3.87. The molecule has 0 saturated carbocycles. The molecule has 1 heterocycles. The van der Waals surface area contributed by atoms with E-state index in [1.165, 1.54) is 0 Å². The molecule has 0 aliphatic heterocycles. The van der Waals surface area contributed by atoms with Crippen LogP contribution in [0.2, 0.25) is 0 Å². The zero-order valence-electron chi connectivity index (χ0n) is 17.3. The van der Waals surface area contributed by atoms with Crippen molar-refractivity contribution in [2.24, 2.45) is 0 Å². The first kappa shape index (κ1) is 21.3. The first-order chi connectivity index (χ1) is 14.7. The second-order valence-corrected chi connectivity index (χ2v) is 9.93. The van der Waals surface area contributed by atoms with Gasteiger partial charge in [-0.05, 0) is 73.9 Å². The van der Waals surface area contributed by atoms with Gasteiger partial charge in [0.1, 0.15) is 0 Å². The molecule has 158 valence electrons. The number of nitrogens with zero attached hydrogens (tertiary/aromatic N) is 2. The number of para-hydroxylation sites is 2. The molecule has 31 heavy (non-hydrogen) atoms. The number of nitrogens with one attached hydrogen (secondary N) is 2. The van der Waals surface area contributed by atoms with Crippen molar-refractivity contribution in [3.63, 3.8) is 0 Å². The Morgan fingerprint density at radius 3 is 2.16 bits per heavy atom. The first-order valence-corrected chi connectivity index (χ1v) is 11.9. The van der Waals surface area contributed by atoms with Crippen LogP contribution in [0.25, 0.3) is 11.0 Å². The smallest absolute Gasteiger partial charge is 0.263 e. The molecule has 0 bridgehead atoms. The molecule has 2 N–H and O–H groups in total. The van der Waals surface area contributed by atoms with E-state index < -0.39 is 10.0 Å². The summed E-state index contributed by atoms with van der Waals surface area (Å²) in [5.74, 6) is 0.472. The van der Waals surface area contributed by atoms with Crippen molar-refractivity contribution in [3.05, 3.63) is 81.8 Å². The number of hydrogen-bond donors (Lipinski definition) is 2. The van der Waals surface area contributed by atoms with Crippen molar-refractivity contribution in [3.8, 4) is 0 Å². The molecule has 1 aromatic heterocycles. The van der Waals surface area contributed by atoms with Crippen LogP contribution in [0.15, 0.2) is 70.0 Å². The summed E-state index contributed by atoms with van der Waals surface area (Å²) in [5.41, 5.74) is 4.56. The Labute approximate surface area is 189 Å². The van der Waals surface area contributed by atoms with Crippen LogP contribution in [-0.4, -0.2) is 18.4 Å². The second-order valence-electron chi connectivity index (χ2n) is 7.37. The lowest BCUT2D eigenvalue weighted by Gasteiger charge is -2.16. The minimum Gasteiger partial charge on any atom is -0.337 e. The lowest BCUT2D eigenvalue weighted by Crippen LogP contribution is -2.17. The molecule has 4 aromatic rings. The van der Waals surface area contributed by atoms with Crippen molar-refractivity contribution in [1.82, 2.24) is 9.97 Å². The Morgan fingerprint density at radius 2 is 1.48 bits per heavy atom. The van der Waals surface area contributed by atoms with Gasteiger partial charge < -0.3 is 5.32 Å². The molecule has 0 aliphatic rings. The number of sulfonamides is 1. The van der Waals surface area contributed by atoms with E-state index >= 15 is 0 Å². The summed E-state index contributed by atoms with van der Waals surface area (Å²) in [6, 6.07) is 18.4. The van der Waals surface area contributed by atoms with Crippen molar-refractivity contribution >= 4 is 54.3 Å². The zero-order chi connectivity index (χ0) is 22.2. The highest BCUT2D eigenvalue weighted by atomic mass is 79.9. The third-order valence-electron chi connectivity index (χ3n) is 4.88. The largest absolute Gasteiger partial charge is 0.337 e. The maximum Gasteiger partial charge on any atom is 0.263 e. The number of aryl methyl sites for hydroxylation is 3. The third kappa shape index (κ3) is 4.55. The van der Waals surface area contributed by atoms with Gasteiger partial charge >= 0.3 is 0 Å². The fraction of sp³-hybridized carbons (Fsp3) is 0.130. The van der Waals surface area contributed by atoms with Crippen molar-refractivity contribution in [1.29, 1.82) is 0 Å². The molecule has 3 aromatic carbocycles. The molecule has 0 radical (unpaired) electrons. The van der Waals surface area contributed by atoms with E-state index in [0.29, 0.717) is 22.4 Å². The van der Waals surface area contributed by atoms with Crippen molar-refractivity contribution < 1.29 is 8.42 Å². The van der Waals surface area contributed by atoms with E-state index in [2.05, 4.69) is 35.9 Å². The summed E-state index contributed by atoms with van der Waals surface area (Å²) in [7, 11) is -3.87. The van der Waals surface area contributed by atoms with Crippen molar-refractivity contribution in [2.75, 3.05) is 10.0 Å². The monoisotopic (exact) mass is 496 g/mol. The molecule has 0 unspecified atom stereocenters. The Bertz CT molecular complexity index is 1400. The van der Waals surface area contributed by atoms with Gasteiger partial charge in [-0.3, -0.25) is 4.72 Å². The van der Waals surface area contributed by atoms with E-state index in [4.69, 9.17) is 0 Å². The van der Waals surface area contributed by atoms with Gasteiger partial charge in [-0.25, -0.2) is 18.4 Å². The van der Waals surface area contributed by atoms with E-state index in [-0.39, 0.29) is 10.7 Å². The van der Waals surface area contributed by atoms with Crippen LogP contribution >= 0.6 is 15.9 Å². The molecule has 6 nitrogen and oxygen atoms in total. The predicted molar refractivity (Wildman–Crippen MR) is 128 cm³/mol. The fourth-order valence-corrected chi connectivity index (χ4v) is 5.05. The molecule has 8 heteroatoms. The van der Waals surface area contributed by atoms with Gasteiger partial charge in [0.2, 0.25) is 0 Å². The number of benzene rings is 3. The van der Waals surface area contributed by atoms with Crippen LogP contribution in [0.4, 0.5) is 17.3 Å². The first-order valence-electron chi connectivity index (χ1n) is 9.63. The van der Waals surface area contributed by atoms with Gasteiger partial charge in [-0.1, -0.05) is 40.2 Å². The lowest BCUT2D eigenvalue weighted by molar-refractivity contribution is 0.600. The van der Waals surface area contributed by atoms with Crippen LogP contribution in [0.1, 0.15) is 16.7 Å². The highest BCUT2D eigenvalue weighted by molar-refractivity contribution is 9.10. The average Bonchev–Trinajstić information content (AvgIpc) is 2.72. The number of fused-ring (bicyclic) bond motifs is 1. The van der Waals surface area contributed by atoms with Gasteiger partial charge in [0.15, 0.2) is 11.6 Å². The summed E-state index contributed by atoms with van der Waals surface area (Å²) < 4.78 is 30.0. The summed E-state index contributed by atoms with van der Waals surface area (Å²) >= 11 is 3.46. The minimum absolute atomic E-state index is 0.141. The van der Waals surface area contributed by atoms with Crippen LogP contribution in [-0.2, 0) is 10.0 Å². The van der Waals surface area contributed by atoms with Crippen LogP contribution in [0, 0.1) is 20.8 Å². The summed E-state index contributed by atoms with van der Waals surface area (Å²) in [5, 5.41) is 3.24. The van der Waals surface area contributed by atoms with E-state index in [0.717, 1.165) is 21.3 Å². The second kappa shape index (κ2) is 8.28. The topological polar surface area (TPSA) is 84.0 Å². The molecule has 0 amide bonds. The van der Waals surface area contributed by atoms with E-state index in [9.17, 15) is 8.42 Å². The van der Waals surface area contributed by atoms with Gasteiger partial charge in [-0.15, -0.1) is 0 Å². The average molecular weight is 497 g/mol. The maximum absolute atomic E-state index is 13.2. The third-order valence-corrected chi connectivity index (χ3v) is 6.85. The fourth-order valence-electron chi connectivity index (χ4n) is 3.23. The van der Waals surface area contributed by atoms with Crippen molar-refractivity contribution in [2.45, 2.75) is 25.7 Å². The standard InChI is InChI=1S/C23H21BrN4O2S/c1-14-8-9-15(2)21(12-14)31(29,30)28-23-22(25-18-11-10-17(24)13-16(18)3)26-19-6-4-5-7-20(19)27-23/h4-13H,1-3H3,(H,25,26)(H,27,28). The molecule has 0 spiro atoms. The summed E-state index contributed by atoms with van der Waals surface area (Å²) in [6.45, 7) is 5.59.